The van der Waals surface area contributed by atoms with Crippen molar-refractivity contribution in [3.63, 3.8) is 0 Å². The standard InChI is InChI=1S/C9H18N4O3S/c1-3-16-5-4-12-17(14,15)9-8(6-10-2)7-11-13-9/h7,10,12H,3-6H2,1-2H3,(H,11,13). The Labute approximate surface area is 101 Å². The zero-order valence-electron chi connectivity index (χ0n) is 9.99. The van der Waals surface area contributed by atoms with Gasteiger partial charge in [-0.2, -0.15) is 5.10 Å². The number of H-pyrrole nitrogens is 1. The third kappa shape index (κ3) is 4.08. The second kappa shape index (κ2) is 6.70. The van der Waals surface area contributed by atoms with Crippen molar-refractivity contribution in [2.24, 2.45) is 0 Å². The van der Waals surface area contributed by atoms with Gasteiger partial charge in [-0.1, -0.05) is 0 Å². The monoisotopic (exact) mass is 262 g/mol. The lowest BCUT2D eigenvalue weighted by Gasteiger charge is -2.06. The normalized spacial score (nSPS) is 11.9. The molecule has 1 rings (SSSR count). The summed E-state index contributed by atoms with van der Waals surface area (Å²) >= 11 is 0. The first-order chi connectivity index (χ1) is 8.11. The number of hydrogen-bond donors (Lipinski definition) is 3. The summed E-state index contributed by atoms with van der Waals surface area (Å²) in [7, 11) is -1.80. The zero-order valence-corrected chi connectivity index (χ0v) is 10.8. The number of aromatic nitrogens is 2. The van der Waals surface area contributed by atoms with E-state index in [0.717, 1.165) is 0 Å². The van der Waals surface area contributed by atoms with Crippen molar-refractivity contribution < 1.29 is 13.2 Å². The van der Waals surface area contributed by atoms with Gasteiger partial charge in [-0.05, 0) is 14.0 Å². The highest BCUT2D eigenvalue weighted by Gasteiger charge is 2.19. The van der Waals surface area contributed by atoms with E-state index in [0.29, 0.717) is 25.3 Å². The molecule has 0 fully saturated rings. The summed E-state index contributed by atoms with van der Waals surface area (Å²) in [6.45, 7) is 3.46. The van der Waals surface area contributed by atoms with Gasteiger partial charge >= 0.3 is 0 Å². The van der Waals surface area contributed by atoms with Crippen molar-refractivity contribution in [3.8, 4) is 0 Å². The number of ether oxygens (including phenoxy) is 1. The molecule has 1 heterocycles. The molecule has 3 N–H and O–H groups in total. The van der Waals surface area contributed by atoms with E-state index in [4.69, 9.17) is 4.74 Å². The fourth-order valence-corrected chi connectivity index (χ4v) is 2.45. The third-order valence-corrected chi connectivity index (χ3v) is 3.53. The van der Waals surface area contributed by atoms with Crippen molar-refractivity contribution in [1.29, 1.82) is 0 Å². The molecule has 8 heteroatoms. The molecule has 0 aliphatic heterocycles. The van der Waals surface area contributed by atoms with Gasteiger partial charge < -0.3 is 10.1 Å². The maximum atomic E-state index is 11.9. The minimum absolute atomic E-state index is 0.100. The molecule has 0 spiro atoms. The Hall–Kier alpha value is -0.960. The fraction of sp³-hybridized carbons (Fsp3) is 0.667. The van der Waals surface area contributed by atoms with Gasteiger partial charge in [-0.3, -0.25) is 5.10 Å². The first kappa shape index (κ1) is 14.1. The molecule has 17 heavy (non-hydrogen) atoms. The van der Waals surface area contributed by atoms with Crippen molar-refractivity contribution in [1.82, 2.24) is 20.2 Å². The summed E-state index contributed by atoms with van der Waals surface area (Å²) in [6.07, 6.45) is 1.49. The van der Waals surface area contributed by atoms with Gasteiger partial charge in [0.05, 0.1) is 12.8 Å². The van der Waals surface area contributed by atoms with Crippen LogP contribution in [0.1, 0.15) is 12.5 Å². The molecule has 0 aliphatic rings. The number of sulfonamides is 1. The molecule has 0 amide bonds. The molecule has 1 aromatic heterocycles. The van der Waals surface area contributed by atoms with Crippen LogP contribution in [0.25, 0.3) is 0 Å². The first-order valence-corrected chi connectivity index (χ1v) is 6.84. The average molecular weight is 262 g/mol. The van der Waals surface area contributed by atoms with E-state index in [1.807, 2.05) is 6.92 Å². The maximum absolute atomic E-state index is 11.9. The van der Waals surface area contributed by atoms with Crippen LogP contribution >= 0.6 is 0 Å². The van der Waals surface area contributed by atoms with E-state index >= 15 is 0 Å². The van der Waals surface area contributed by atoms with Crippen molar-refractivity contribution in [2.75, 3.05) is 26.8 Å². The molecular weight excluding hydrogens is 244 g/mol. The van der Waals surface area contributed by atoms with Gasteiger partial charge in [0, 0.05) is 25.3 Å². The molecule has 0 aliphatic carbocycles. The van der Waals surface area contributed by atoms with Crippen LogP contribution in [0, 0.1) is 0 Å². The lowest BCUT2D eigenvalue weighted by Crippen LogP contribution is -2.29. The second-order valence-corrected chi connectivity index (χ2v) is 5.05. The number of nitrogens with one attached hydrogen (secondary N) is 3. The third-order valence-electron chi connectivity index (χ3n) is 2.06. The fourth-order valence-electron chi connectivity index (χ4n) is 1.31. The summed E-state index contributed by atoms with van der Waals surface area (Å²) in [5.41, 5.74) is 0.608. The predicted molar refractivity (Wildman–Crippen MR) is 63.0 cm³/mol. The van der Waals surface area contributed by atoms with Crippen LogP contribution in [0.2, 0.25) is 0 Å². The van der Waals surface area contributed by atoms with E-state index in [9.17, 15) is 8.42 Å². The Balaban J connectivity index is 2.65. The SMILES string of the molecule is CCOCCNS(=O)(=O)c1[nH]ncc1CNC. The van der Waals surface area contributed by atoms with E-state index in [1.54, 1.807) is 7.05 Å². The van der Waals surface area contributed by atoms with E-state index in [1.165, 1.54) is 6.20 Å². The highest BCUT2D eigenvalue weighted by atomic mass is 32.2. The Morgan fingerprint density at radius 3 is 2.94 bits per heavy atom. The summed E-state index contributed by atoms with van der Waals surface area (Å²) in [4.78, 5) is 0. The van der Waals surface area contributed by atoms with Crippen LogP contribution in [-0.2, 0) is 21.3 Å². The molecule has 1 aromatic rings. The minimum atomic E-state index is -3.54. The second-order valence-electron chi connectivity index (χ2n) is 3.35. The van der Waals surface area contributed by atoms with Gasteiger partial charge in [-0.25, -0.2) is 13.1 Å². The van der Waals surface area contributed by atoms with Crippen LogP contribution in [0.3, 0.4) is 0 Å². The van der Waals surface area contributed by atoms with Crippen LogP contribution in [0.5, 0.6) is 0 Å². The molecule has 0 saturated carbocycles. The van der Waals surface area contributed by atoms with Crippen LogP contribution < -0.4 is 10.0 Å². The smallest absolute Gasteiger partial charge is 0.257 e. The highest BCUT2D eigenvalue weighted by molar-refractivity contribution is 7.89. The number of aromatic amines is 1. The topological polar surface area (TPSA) is 96.1 Å². The molecule has 7 nitrogen and oxygen atoms in total. The molecule has 0 saturated heterocycles. The first-order valence-electron chi connectivity index (χ1n) is 5.36. The molecular formula is C9H18N4O3S. The molecule has 0 bridgehead atoms. The van der Waals surface area contributed by atoms with Crippen LogP contribution in [-0.4, -0.2) is 45.4 Å². The van der Waals surface area contributed by atoms with Gasteiger partial charge in [-0.15, -0.1) is 0 Å². The van der Waals surface area contributed by atoms with E-state index < -0.39 is 10.0 Å². The van der Waals surface area contributed by atoms with Gasteiger partial charge in [0.2, 0.25) is 0 Å². The number of nitrogens with zero attached hydrogens (tertiary/aromatic N) is 1. The quantitative estimate of drug-likeness (QED) is 0.546. The maximum Gasteiger partial charge on any atom is 0.257 e. The minimum Gasteiger partial charge on any atom is -0.380 e. The summed E-state index contributed by atoms with van der Waals surface area (Å²) in [5, 5.41) is 9.21. The highest BCUT2D eigenvalue weighted by Crippen LogP contribution is 2.10. The van der Waals surface area contributed by atoms with E-state index in [-0.39, 0.29) is 11.6 Å². The molecule has 0 radical (unpaired) electrons. The molecule has 98 valence electrons. The lowest BCUT2D eigenvalue weighted by atomic mass is 10.4. The molecule has 0 unspecified atom stereocenters. The van der Waals surface area contributed by atoms with Crippen LogP contribution in [0.4, 0.5) is 0 Å². The number of rotatable bonds is 8. The summed E-state index contributed by atoms with van der Waals surface area (Å²) in [6, 6.07) is 0. The Morgan fingerprint density at radius 1 is 1.53 bits per heavy atom. The van der Waals surface area contributed by atoms with Gasteiger partial charge in [0.1, 0.15) is 0 Å². The van der Waals surface area contributed by atoms with Gasteiger partial charge in [0.15, 0.2) is 5.03 Å². The molecule has 0 atom stereocenters. The van der Waals surface area contributed by atoms with Crippen molar-refractivity contribution >= 4 is 10.0 Å². The van der Waals surface area contributed by atoms with E-state index in [2.05, 4.69) is 20.2 Å². The van der Waals surface area contributed by atoms with Gasteiger partial charge in [0.25, 0.3) is 10.0 Å². The van der Waals surface area contributed by atoms with Crippen molar-refractivity contribution in [3.05, 3.63) is 11.8 Å². The van der Waals surface area contributed by atoms with Crippen LogP contribution in [0.15, 0.2) is 11.2 Å². The Bertz CT molecular complexity index is 429. The zero-order chi connectivity index (χ0) is 12.7. The summed E-state index contributed by atoms with van der Waals surface area (Å²) in [5.74, 6) is 0. The van der Waals surface area contributed by atoms with Crippen molar-refractivity contribution in [2.45, 2.75) is 18.5 Å². The molecule has 0 aromatic carbocycles. The average Bonchev–Trinajstić information content (AvgIpc) is 2.74. The Kier molecular flexibility index (Phi) is 5.56. The Morgan fingerprint density at radius 2 is 2.29 bits per heavy atom. The largest absolute Gasteiger partial charge is 0.380 e. The number of hydrogen-bond acceptors (Lipinski definition) is 5. The lowest BCUT2D eigenvalue weighted by molar-refractivity contribution is 0.153. The predicted octanol–water partition coefficient (Wildman–Crippen LogP) is -0.556. The summed E-state index contributed by atoms with van der Waals surface area (Å²) < 4.78 is 31.3.